The van der Waals surface area contributed by atoms with E-state index in [9.17, 15) is 13.6 Å². The zero-order valence-electron chi connectivity index (χ0n) is 6.15. The van der Waals surface area contributed by atoms with Crippen LogP contribution in [-0.2, 0) is 4.79 Å². The van der Waals surface area contributed by atoms with Crippen LogP contribution in [0.4, 0.5) is 8.78 Å². The van der Waals surface area contributed by atoms with E-state index < -0.39 is 24.2 Å². The van der Waals surface area contributed by atoms with Crippen molar-refractivity contribution in [1.29, 1.82) is 0 Å². The number of nitrogens with two attached hydrogens (primary N) is 1. The molecule has 4 heteroatoms. The van der Waals surface area contributed by atoms with Gasteiger partial charge >= 0.3 is 0 Å². The summed E-state index contributed by atoms with van der Waals surface area (Å²) >= 11 is 0. The molecule has 0 atom stereocenters. The van der Waals surface area contributed by atoms with Gasteiger partial charge < -0.3 is 5.73 Å². The van der Waals surface area contributed by atoms with Crippen LogP contribution in [0.25, 0.3) is 0 Å². The van der Waals surface area contributed by atoms with Crippen LogP contribution in [0, 0.1) is 0 Å². The zero-order valence-corrected chi connectivity index (χ0v) is 6.15. The Morgan fingerprint density at radius 2 is 2.09 bits per heavy atom. The van der Waals surface area contributed by atoms with Gasteiger partial charge in [-0.15, -0.1) is 0 Å². The molecule has 0 spiro atoms. The van der Waals surface area contributed by atoms with Crippen LogP contribution in [0.2, 0.25) is 0 Å². The third-order valence-electron chi connectivity index (χ3n) is 2.14. The molecule has 2 nitrogen and oxygen atoms in total. The van der Waals surface area contributed by atoms with Gasteiger partial charge in [-0.1, -0.05) is 0 Å². The van der Waals surface area contributed by atoms with E-state index in [1.54, 1.807) is 0 Å². The molecule has 0 bridgehead atoms. The molecule has 0 amide bonds. The molecule has 1 saturated carbocycles. The standard InChI is InChI=1S/C7H11F2NO/c8-6(9)4-5(11)7(10)2-1-3-7/h6H,1-4,10H2. The van der Waals surface area contributed by atoms with E-state index >= 15 is 0 Å². The van der Waals surface area contributed by atoms with Crippen molar-refractivity contribution < 1.29 is 13.6 Å². The van der Waals surface area contributed by atoms with Crippen LogP contribution in [0.5, 0.6) is 0 Å². The lowest BCUT2D eigenvalue weighted by atomic mass is 9.74. The molecule has 1 aliphatic carbocycles. The highest BCUT2D eigenvalue weighted by molar-refractivity contribution is 5.89. The summed E-state index contributed by atoms with van der Waals surface area (Å²) in [6.07, 6.45) is -1.22. The quantitative estimate of drug-likeness (QED) is 0.676. The van der Waals surface area contributed by atoms with Gasteiger partial charge in [-0.3, -0.25) is 4.79 Å². The number of carbonyl (C=O) groups excluding carboxylic acids is 1. The molecule has 1 aliphatic rings. The number of rotatable bonds is 3. The molecule has 64 valence electrons. The molecule has 0 aliphatic heterocycles. The number of hydrogen-bond donors (Lipinski definition) is 1. The van der Waals surface area contributed by atoms with Gasteiger partial charge in [-0.25, -0.2) is 8.78 Å². The lowest BCUT2D eigenvalue weighted by Gasteiger charge is -2.36. The maximum Gasteiger partial charge on any atom is 0.245 e. The third kappa shape index (κ3) is 1.74. The average Bonchev–Trinajstić information content (AvgIpc) is 1.81. The van der Waals surface area contributed by atoms with Gasteiger partial charge in [-0.2, -0.15) is 0 Å². The van der Waals surface area contributed by atoms with Crippen LogP contribution < -0.4 is 5.73 Å². The van der Waals surface area contributed by atoms with Crippen molar-refractivity contribution >= 4 is 5.78 Å². The molecule has 2 N–H and O–H groups in total. The van der Waals surface area contributed by atoms with Gasteiger partial charge in [0, 0.05) is 0 Å². The first-order valence-electron chi connectivity index (χ1n) is 3.65. The van der Waals surface area contributed by atoms with Crippen LogP contribution >= 0.6 is 0 Å². The number of ketones is 1. The molecular formula is C7H11F2NO. The maximum absolute atomic E-state index is 11.7. The van der Waals surface area contributed by atoms with Crippen LogP contribution in [0.3, 0.4) is 0 Å². The highest BCUT2D eigenvalue weighted by atomic mass is 19.3. The van der Waals surface area contributed by atoms with Crippen LogP contribution in [0.15, 0.2) is 0 Å². The van der Waals surface area contributed by atoms with E-state index in [2.05, 4.69) is 0 Å². The van der Waals surface area contributed by atoms with Gasteiger partial charge in [0.2, 0.25) is 6.43 Å². The van der Waals surface area contributed by atoms with E-state index in [1.165, 1.54) is 0 Å². The topological polar surface area (TPSA) is 43.1 Å². The van der Waals surface area contributed by atoms with E-state index in [4.69, 9.17) is 5.73 Å². The van der Waals surface area contributed by atoms with E-state index in [0.29, 0.717) is 12.8 Å². The van der Waals surface area contributed by atoms with Crippen molar-refractivity contribution in [3.63, 3.8) is 0 Å². The largest absolute Gasteiger partial charge is 0.319 e. The second-order valence-electron chi connectivity index (χ2n) is 3.03. The number of Topliss-reactive ketones (excluding diaryl/α,β-unsaturated/α-hetero) is 1. The predicted octanol–water partition coefficient (Wildman–Crippen LogP) is 1.09. The third-order valence-corrected chi connectivity index (χ3v) is 2.14. The summed E-state index contributed by atoms with van der Waals surface area (Å²) in [5.74, 6) is -0.487. The summed E-state index contributed by atoms with van der Waals surface area (Å²) < 4.78 is 23.4. The molecule has 1 fully saturated rings. The second-order valence-corrected chi connectivity index (χ2v) is 3.03. The molecule has 0 heterocycles. The Labute approximate surface area is 63.8 Å². The molecule has 0 aromatic heterocycles. The van der Waals surface area contributed by atoms with Gasteiger partial charge in [0.1, 0.15) is 0 Å². The highest BCUT2D eigenvalue weighted by Crippen LogP contribution is 2.31. The minimum absolute atomic E-state index is 0.487. The van der Waals surface area contributed by atoms with Crippen LogP contribution in [-0.4, -0.2) is 17.7 Å². The fourth-order valence-electron chi connectivity index (χ4n) is 1.18. The SMILES string of the molecule is NC1(C(=O)CC(F)F)CCC1. The molecule has 0 unspecified atom stereocenters. The Bertz CT molecular complexity index is 166. The summed E-state index contributed by atoms with van der Waals surface area (Å²) in [6, 6.07) is 0. The Hall–Kier alpha value is -0.510. The Morgan fingerprint density at radius 1 is 1.55 bits per heavy atom. The van der Waals surface area contributed by atoms with Gasteiger partial charge in [0.15, 0.2) is 5.78 Å². The van der Waals surface area contributed by atoms with Gasteiger partial charge in [-0.05, 0) is 19.3 Å². The van der Waals surface area contributed by atoms with Crippen LogP contribution in [0.1, 0.15) is 25.7 Å². The van der Waals surface area contributed by atoms with Crippen molar-refractivity contribution in [2.24, 2.45) is 5.73 Å². The average molecular weight is 163 g/mol. The maximum atomic E-state index is 11.7. The summed E-state index contributed by atoms with van der Waals surface area (Å²) in [5, 5.41) is 0. The molecule has 11 heavy (non-hydrogen) atoms. The summed E-state index contributed by atoms with van der Waals surface area (Å²) in [4.78, 5) is 11.0. The van der Waals surface area contributed by atoms with E-state index in [1.807, 2.05) is 0 Å². The first-order valence-corrected chi connectivity index (χ1v) is 3.65. The fourth-order valence-corrected chi connectivity index (χ4v) is 1.18. The normalized spacial score (nSPS) is 21.5. The first kappa shape index (κ1) is 8.59. The number of carbonyl (C=O) groups is 1. The number of halogens is 2. The second kappa shape index (κ2) is 2.85. The molecule has 0 saturated heterocycles. The number of alkyl halides is 2. The Kier molecular flexibility index (Phi) is 2.23. The fraction of sp³-hybridized carbons (Fsp3) is 0.857. The van der Waals surface area contributed by atoms with Crippen molar-refractivity contribution in [2.75, 3.05) is 0 Å². The molecule has 0 aromatic rings. The Balaban J connectivity index is 2.40. The molecule has 1 rings (SSSR count). The lowest BCUT2D eigenvalue weighted by molar-refractivity contribution is -0.129. The van der Waals surface area contributed by atoms with Crippen molar-refractivity contribution in [2.45, 2.75) is 37.6 Å². The van der Waals surface area contributed by atoms with E-state index in [0.717, 1.165) is 6.42 Å². The first-order chi connectivity index (χ1) is 5.04. The van der Waals surface area contributed by atoms with Gasteiger partial charge in [0.05, 0.1) is 12.0 Å². The smallest absolute Gasteiger partial charge is 0.245 e. The van der Waals surface area contributed by atoms with Crippen molar-refractivity contribution in [3.05, 3.63) is 0 Å². The molecule has 0 radical (unpaired) electrons. The molecular weight excluding hydrogens is 152 g/mol. The predicted molar refractivity (Wildman–Crippen MR) is 36.4 cm³/mol. The van der Waals surface area contributed by atoms with Crippen molar-refractivity contribution in [3.8, 4) is 0 Å². The van der Waals surface area contributed by atoms with Gasteiger partial charge in [0.25, 0.3) is 0 Å². The van der Waals surface area contributed by atoms with E-state index in [-0.39, 0.29) is 0 Å². The monoisotopic (exact) mass is 163 g/mol. The minimum Gasteiger partial charge on any atom is -0.319 e. The lowest BCUT2D eigenvalue weighted by Crippen LogP contribution is -2.53. The van der Waals surface area contributed by atoms with Crippen molar-refractivity contribution in [1.82, 2.24) is 0 Å². The highest BCUT2D eigenvalue weighted by Gasteiger charge is 2.40. The minimum atomic E-state index is -2.55. The Morgan fingerprint density at radius 3 is 2.36 bits per heavy atom. The summed E-state index contributed by atoms with van der Waals surface area (Å²) in [7, 11) is 0. The summed E-state index contributed by atoms with van der Waals surface area (Å²) in [6.45, 7) is 0. The molecule has 0 aromatic carbocycles. The summed E-state index contributed by atoms with van der Waals surface area (Å²) in [5.41, 5.74) is 4.61. The zero-order chi connectivity index (χ0) is 8.48. The number of hydrogen-bond acceptors (Lipinski definition) is 2.